The molecule has 0 bridgehead atoms. The lowest BCUT2D eigenvalue weighted by Crippen LogP contribution is -1.99. The molecule has 28 heavy (non-hydrogen) atoms. The predicted octanol–water partition coefficient (Wildman–Crippen LogP) is 4.35. The van der Waals surface area contributed by atoms with E-state index in [4.69, 9.17) is 16.3 Å². The zero-order valence-electron chi connectivity index (χ0n) is 15.1. The van der Waals surface area contributed by atoms with Crippen molar-refractivity contribution in [2.24, 2.45) is 0 Å². The summed E-state index contributed by atoms with van der Waals surface area (Å²) in [6.45, 7) is 4.26. The Morgan fingerprint density at radius 1 is 1.14 bits per heavy atom. The molecule has 0 N–H and O–H groups in total. The van der Waals surface area contributed by atoms with Crippen LogP contribution in [0.1, 0.15) is 16.3 Å². The Balaban J connectivity index is 1.48. The number of halogens is 1. The third-order valence-corrected chi connectivity index (χ3v) is 5.74. The predicted molar refractivity (Wildman–Crippen MR) is 108 cm³/mol. The van der Waals surface area contributed by atoms with E-state index in [-0.39, 0.29) is 0 Å². The average Bonchev–Trinajstić information content (AvgIpc) is 3.34. The third-order valence-electron chi connectivity index (χ3n) is 4.44. The number of ether oxygens (including phenoxy) is 1. The Morgan fingerprint density at radius 3 is 2.89 bits per heavy atom. The largest absolute Gasteiger partial charge is 0.486 e. The number of fused-ring (bicyclic) bond motifs is 2. The Labute approximate surface area is 169 Å². The minimum absolute atomic E-state index is 0.348. The zero-order chi connectivity index (χ0) is 19.3. The molecule has 9 heteroatoms. The molecule has 5 rings (SSSR count). The van der Waals surface area contributed by atoms with Crippen LogP contribution < -0.4 is 4.74 Å². The number of hydrogen-bond acceptors (Lipinski definition) is 6. The van der Waals surface area contributed by atoms with Gasteiger partial charge in [-0.05, 0) is 49.7 Å². The molecule has 0 radical (unpaired) electrons. The van der Waals surface area contributed by atoms with Crippen molar-refractivity contribution in [3.63, 3.8) is 0 Å². The maximum Gasteiger partial charge on any atom is 0.235 e. The third kappa shape index (κ3) is 2.81. The van der Waals surface area contributed by atoms with Gasteiger partial charge in [0.05, 0.1) is 5.69 Å². The average molecular weight is 411 g/mol. The van der Waals surface area contributed by atoms with Crippen LogP contribution in [-0.2, 0) is 6.61 Å². The molecule has 140 valence electrons. The molecule has 7 nitrogen and oxygen atoms in total. The second kappa shape index (κ2) is 6.57. The highest BCUT2D eigenvalue weighted by Crippen LogP contribution is 2.26. The lowest BCUT2D eigenvalue weighted by Gasteiger charge is -2.05. The van der Waals surface area contributed by atoms with E-state index in [2.05, 4.69) is 20.3 Å². The number of pyridine rings is 1. The van der Waals surface area contributed by atoms with Gasteiger partial charge in [0.25, 0.3) is 0 Å². The first-order valence-electron chi connectivity index (χ1n) is 8.64. The van der Waals surface area contributed by atoms with Crippen LogP contribution >= 0.6 is 22.9 Å². The van der Waals surface area contributed by atoms with Gasteiger partial charge in [0.15, 0.2) is 5.01 Å². The van der Waals surface area contributed by atoms with E-state index in [1.54, 1.807) is 4.52 Å². The number of imidazole rings is 1. The van der Waals surface area contributed by atoms with Crippen molar-refractivity contribution >= 4 is 33.5 Å². The second-order valence-electron chi connectivity index (χ2n) is 6.39. The van der Waals surface area contributed by atoms with Gasteiger partial charge in [0.1, 0.15) is 23.7 Å². The van der Waals surface area contributed by atoms with Crippen LogP contribution in [0, 0.1) is 13.8 Å². The molecule has 4 heterocycles. The number of benzene rings is 1. The molecule has 0 spiro atoms. The van der Waals surface area contributed by atoms with Gasteiger partial charge in [-0.2, -0.15) is 9.61 Å². The van der Waals surface area contributed by atoms with Gasteiger partial charge in [-0.3, -0.25) is 4.40 Å². The van der Waals surface area contributed by atoms with Crippen molar-refractivity contribution in [2.75, 3.05) is 0 Å². The van der Waals surface area contributed by atoms with Crippen LogP contribution in [0.25, 0.3) is 22.1 Å². The first-order chi connectivity index (χ1) is 13.6. The lowest BCUT2D eigenvalue weighted by molar-refractivity contribution is 0.304. The first kappa shape index (κ1) is 17.2. The van der Waals surface area contributed by atoms with Crippen LogP contribution in [0.2, 0.25) is 5.02 Å². The fraction of sp³-hybridized carbons (Fsp3) is 0.158. The molecule has 0 amide bonds. The van der Waals surface area contributed by atoms with Crippen molar-refractivity contribution < 1.29 is 4.74 Å². The van der Waals surface area contributed by atoms with Crippen LogP contribution in [0.15, 0.2) is 42.6 Å². The molecule has 0 aliphatic rings. The lowest BCUT2D eigenvalue weighted by atomic mass is 10.2. The summed E-state index contributed by atoms with van der Waals surface area (Å²) in [7, 11) is 0. The molecule has 0 atom stereocenters. The molecule has 0 unspecified atom stereocenters. The van der Waals surface area contributed by atoms with Crippen molar-refractivity contribution in [2.45, 2.75) is 20.5 Å². The van der Waals surface area contributed by atoms with Crippen LogP contribution in [0.5, 0.6) is 5.75 Å². The molecular weight excluding hydrogens is 396 g/mol. The minimum atomic E-state index is 0.348. The SMILES string of the molecule is Cc1cc(OCc2nn3c(-c4c(C)nc5ccccn45)nnc3s2)ccc1Cl. The fourth-order valence-electron chi connectivity index (χ4n) is 3.10. The standard InChI is InChI=1S/C19H15ClN6OS/c1-11-9-13(6-7-14(11)20)27-10-16-24-26-18(22-23-19(26)28-16)17-12(2)21-15-5-3-4-8-25(15)17/h3-9H,10H2,1-2H3. The van der Waals surface area contributed by atoms with E-state index in [0.717, 1.165) is 38.4 Å². The van der Waals surface area contributed by atoms with Gasteiger partial charge in [0.2, 0.25) is 10.8 Å². The van der Waals surface area contributed by atoms with Crippen molar-refractivity contribution in [1.82, 2.24) is 29.2 Å². The monoisotopic (exact) mass is 410 g/mol. The Bertz CT molecular complexity index is 1320. The van der Waals surface area contributed by atoms with E-state index >= 15 is 0 Å². The van der Waals surface area contributed by atoms with E-state index < -0.39 is 0 Å². The van der Waals surface area contributed by atoms with E-state index in [1.807, 2.05) is 60.8 Å². The first-order valence-corrected chi connectivity index (χ1v) is 9.84. The maximum atomic E-state index is 6.07. The normalized spacial score (nSPS) is 11.5. The summed E-state index contributed by atoms with van der Waals surface area (Å²) in [5.74, 6) is 1.42. The topological polar surface area (TPSA) is 69.6 Å². The highest BCUT2D eigenvalue weighted by molar-refractivity contribution is 7.16. The summed E-state index contributed by atoms with van der Waals surface area (Å²) < 4.78 is 9.61. The van der Waals surface area contributed by atoms with Gasteiger partial charge < -0.3 is 4.74 Å². The van der Waals surface area contributed by atoms with Crippen molar-refractivity contribution in [1.29, 1.82) is 0 Å². The van der Waals surface area contributed by atoms with Crippen LogP contribution in [0.3, 0.4) is 0 Å². The van der Waals surface area contributed by atoms with Gasteiger partial charge >= 0.3 is 0 Å². The Hall–Kier alpha value is -2.97. The molecule has 0 fully saturated rings. The molecule has 0 aliphatic carbocycles. The van der Waals surface area contributed by atoms with Crippen molar-refractivity contribution in [3.05, 3.63) is 63.9 Å². The highest BCUT2D eigenvalue weighted by Gasteiger charge is 2.19. The molecule has 0 aliphatic heterocycles. The van der Waals surface area contributed by atoms with Gasteiger partial charge in [0, 0.05) is 11.2 Å². The molecule has 0 saturated heterocycles. The molecule has 5 aromatic rings. The number of hydrogen-bond donors (Lipinski definition) is 0. The highest BCUT2D eigenvalue weighted by atomic mass is 35.5. The van der Waals surface area contributed by atoms with Gasteiger partial charge in [-0.1, -0.05) is 29.0 Å². The number of aromatic nitrogens is 6. The van der Waals surface area contributed by atoms with E-state index in [9.17, 15) is 0 Å². The Kier molecular flexibility index (Phi) is 4.03. The van der Waals surface area contributed by atoms with Gasteiger partial charge in [-0.25, -0.2) is 4.98 Å². The van der Waals surface area contributed by atoms with Crippen LogP contribution in [0.4, 0.5) is 0 Å². The molecule has 1 aromatic carbocycles. The minimum Gasteiger partial charge on any atom is -0.486 e. The fourth-order valence-corrected chi connectivity index (χ4v) is 3.96. The Morgan fingerprint density at radius 2 is 2.04 bits per heavy atom. The van der Waals surface area contributed by atoms with E-state index in [1.165, 1.54) is 11.3 Å². The smallest absolute Gasteiger partial charge is 0.235 e. The second-order valence-corrected chi connectivity index (χ2v) is 7.84. The van der Waals surface area contributed by atoms with Crippen LogP contribution in [-0.4, -0.2) is 29.2 Å². The van der Waals surface area contributed by atoms with Gasteiger partial charge in [-0.15, -0.1) is 10.2 Å². The molecular formula is C19H15ClN6OS. The summed E-state index contributed by atoms with van der Waals surface area (Å²) >= 11 is 7.52. The number of nitrogens with zero attached hydrogens (tertiary/aromatic N) is 6. The summed E-state index contributed by atoms with van der Waals surface area (Å²) in [4.78, 5) is 5.31. The quantitative estimate of drug-likeness (QED) is 0.440. The maximum absolute atomic E-state index is 6.07. The van der Waals surface area contributed by atoms with E-state index in [0.29, 0.717) is 17.4 Å². The number of rotatable bonds is 4. The summed E-state index contributed by atoms with van der Waals surface area (Å²) in [5, 5.41) is 14.8. The molecule has 4 aromatic heterocycles. The summed E-state index contributed by atoms with van der Waals surface area (Å²) in [5.41, 5.74) is 3.60. The molecule has 0 saturated carbocycles. The number of aryl methyl sites for hydroxylation is 2. The van der Waals surface area contributed by atoms with Crippen molar-refractivity contribution in [3.8, 4) is 17.3 Å². The summed E-state index contributed by atoms with van der Waals surface area (Å²) in [6, 6.07) is 11.5. The zero-order valence-corrected chi connectivity index (χ0v) is 16.7. The summed E-state index contributed by atoms with van der Waals surface area (Å²) in [6.07, 6.45) is 1.96.